The highest BCUT2D eigenvalue weighted by Gasteiger charge is 2.04. The van der Waals surface area contributed by atoms with Gasteiger partial charge in [-0.3, -0.25) is 10.2 Å². The Kier molecular flexibility index (Phi) is 3.08. The molecule has 1 atom stereocenters. The number of hydrazone groups is 1. The standard InChI is InChI=1S/C4H7N3O2/c1-3(4(5)9)7-6-2-8/h3,7H,1H3,(H2,5,9). The lowest BCUT2D eigenvalue weighted by Crippen LogP contribution is -2.35. The van der Waals surface area contributed by atoms with Crippen molar-refractivity contribution in [3.63, 3.8) is 0 Å². The maximum atomic E-state index is 10.2. The number of nitrogens with zero attached hydrogens (tertiary/aromatic N) is 1. The lowest BCUT2D eigenvalue weighted by Gasteiger charge is -2.01. The maximum Gasteiger partial charge on any atom is 0.258 e. The third-order valence-corrected chi connectivity index (χ3v) is 0.731. The SMILES string of the molecule is CC(NN=C=O)C(N)=O. The van der Waals surface area contributed by atoms with Crippen LogP contribution in [-0.2, 0) is 9.59 Å². The first-order valence-electron chi connectivity index (χ1n) is 2.30. The molecule has 50 valence electrons. The van der Waals surface area contributed by atoms with Crippen LogP contribution < -0.4 is 11.2 Å². The zero-order valence-electron chi connectivity index (χ0n) is 4.92. The van der Waals surface area contributed by atoms with Gasteiger partial charge in [-0.15, -0.1) is 0 Å². The van der Waals surface area contributed by atoms with E-state index in [1.165, 1.54) is 13.0 Å². The molecule has 0 spiro atoms. The van der Waals surface area contributed by atoms with Crippen molar-refractivity contribution >= 4 is 12.0 Å². The number of nitrogens with one attached hydrogen (secondary N) is 1. The molecule has 3 N–H and O–H groups in total. The Labute approximate surface area is 51.9 Å². The molecule has 0 radical (unpaired) electrons. The van der Waals surface area contributed by atoms with Crippen molar-refractivity contribution in [2.24, 2.45) is 10.8 Å². The Morgan fingerprint density at radius 2 is 2.44 bits per heavy atom. The Balaban J connectivity index is 3.63. The molecule has 0 aliphatic carbocycles. The van der Waals surface area contributed by atoms with Gasteiger partial charge in [-0.05, 0) is 6.92 Å². The van der Waals surface area contributed by atoms with E-state index >= 15 is 0 Å². The normalized spacial score (nSPS) is 11.2. The van der Waals surface area contributed by atoms with Gasteiger partial charge in [0, 0.05) is 0 Å². The molecule has 0 bridgehead atoms. The number of carbonyl (C=O) groups is 1. The highest BCUT2D eigenvalue weighted by molar-refractivity contribution is 5.79. The van der Waals surface area contributed by atoms with Crippen LogP contribution in [0, 0.1) is 0 Å². The third-order valence-electron chi connectivity index (χ3n) is 0.731. The van der Waals surface area contributed by atoms with Crippen LogP contribution in [0.15, 0.2) is 5.10 Å². The largest absolute Gasteiger partial charge is 0.368 e. The molecule has 0 aliphatic rings. The van der Waals surface area contributed by atoms with Crippen LogP contribution in [0.5, 0.6) is 0 Å². The molecule has 0 heterocycles. The summed E-state index contributed by atoms with van der Waals surface area (Å²) in [6, 6.07) is -0.619. The molecule has 5 nitrogen and oxygen atoms in total. The summed E-state index contributed by atoms with van der Waals surface area (Å²) in [5, 5.41) is 2.94. The van der Waals surface area contributed by atoms with E-state index in [0.717, 1.165) is 0 Å². The minimum atomic E-state index is -0.619. The van der Waals surface area contributed by atoms with Crippen molar-refractivity contribution in [3.05, 3.63) is 0 Å². The first-order chi connectivity index (χ1) is 4.18. The van der Waals surface area contributed by atoms with E-state index in [1.807, 2.05) is 0 Å². The Bertz CT molecular complexity index is 150. The summed E-state index contributed by atoms with van der Waals surface area (Å²) >= 11 is 0. The summed E-state index contributed by atoms with van der Waals surface area (Å²) in [5.41, 5.74) is 6.94. The van der Waals surface area contributed by atoms with Gasteiger partial charge >= 0.3 is 0 Å². The Morgan fingerprint density at radius 1 is 1.89 bits per heavy atom. The van der Waals surface area contributed by atoms with E-state index in [1.54, 1.807) is 0 Å². The minimum Gasteiger partial charge on any atom is -0.368 e. The van der Waals surface area contributed by atoms with Crippen LogP contribution >= 0.6 is 0 Å². The van der Waals surface area contributed by atoms with Crippen LogP contribution in [0.25, 0.3) is 0 Å². The fourth-order valence-electron chi connectivity index (χ4n) is 0.187. The molecule has 0 aromatic rings. The van der Waals surface area contributed by atoms with Crippen molar-refractivity contribution in [2.45, 2.75) is 13.0 Å². The number of amides is 1. The molecule has 0 saturated carbocycles. The zero-order valence-corrected chi connectivity index (χ0v) is 4.92. The molecule has 0 fully saturated rings. The number of rotatable bonds is 3. The van der Waals surface area contributed by atoms with Crippen molar-refractivity contribution < 1.29 is 9.59 Å². The molecular weight excluding hydrogens is 122 g/mol. The molecule has 0 aromatic heterocycles. The number of carbonyl (C=O) groups excluding carboxylic acids is 2. The van der Waals surface area contributed by atoms with Crippen LogP contribution in [0.4, 0.5) is 0 Å². The Hall–Kier alpha value is -1.35. The van der Waals surface area contributed by atoms with Gasteiger partial charge in [-0.25, -0.2) is 4.79 Å². The summed E-state index contributed by atoms with van der Waals surface area (Å²) in [6.45, 7) is 1.49. The van der Waals surface area contributed by atoms with Gasteiger partial charge in [0.05, 0.1) is 0 Å². The molecule has 1 unspecified atom stereocenters. The molecule has 0 aliphatic heterocycles. The van der Waals surface area contributed by atoms with E-state index in [9.17, 15) is 9.59 Å². The molecule has 0 aromatic carbocycles. The van der Waals surface area contributed by atoms with Crippen LogP contribution in [0.1, 0.15) is 6.92 Å². The summed E-state index contributed by atoms with van der Waals surface area (Å²) in [4.78, 5) is 19.6. The average Bonchev–Trinajstić information content (AvgIpc) is 1.82. The van der Waals surface area contributed by atoms with Crippen LogP contribution in [-0.4, -0.2) is 18.0 Å². The molecule has 5 heteroatoms. The van der Waals surface area contributed by atoms with Gasteiger partial charge in [0.25, 0.3) is 6.08 Å². The van der Waals surface area contributed by atoms with Crippen molar-refractivity contribution in [3.8, 4) is 0 Å². The van der Waals surface area contributed by atoms with E-state index < -0.39 is 11.9 Å². The lowest BCUT2D eigenvalue weighted by atomic mass is 10.3. The van der Waals surface area contributed by atoms with Gasteiger partial charge in [0.15, 0.2) is 0 Å². The van der Waals surface area contributed by atoms with E-state index in [4.69, 9.17) is 5.73 Å². The zero-order chi connectivity index (χ0) is 7.28. The van der Waals surface area contributed by atoms with Gasteiger partial charge in [-0.1, -0.05) is 5.10 Å². The van der Waals surface area contributed by atoms with Crippen molar-refractivity contribution in [1.82, 2.24) is 5.43 Å². The predicted octanol–water partition coefficient (Wildman–Crippen LogP) is -1.30. The fraction of sp³-hybridized carbons (Fsp3) is 0.500. The topological polar surface area (TPSA) is 84.6 Å². The summed E-state index contributed by atoms with van der Waals surface area (Å²) < 4.78 is 0. The second-order valence-corrected chi connectivity index (χ2v) is 1.46. The summed E-state index contributed by atoms with van der Waals surface area (Å²) in [5.74, 6) is -0.561. The number of hydrogen-bond donors (Lipinski definition) is 2. The summed E-state index contributed by atoms with van der Waals surface area (Å²) in [7, 11) is 0. The van der Waals surface area contributed by atoms with E-state index in [0.29, 0.717) is 0 Å². The predicted molar refractivity (Wildman–Crippen MR) is 29.9 cm³/mol. The lowest BCUT2D eigenvalue weighted by molar-refractivity contribution is -0.119. The van der Waals surface area contributed by atoms with Crippen LogP contribution in [0.2, 0.25) is 0 Å². The van der Waals surface area contributed by atoms with Crippen molar-refractivity contribution in [1.29, 1.82) is 0 Å². The van der Waals surface area contributed by atoms with Gasteiger partial charge in [-0.2, -0.15) is 0 Å². The Morgan fingerprint density at radius 3 is 2.78 bits per heavy atom. The van der Waals surface area contributed by atoms with E-state index in [2.05, 4.69) is 10.5 Å². The van der Waals surface area contributed by atoms with Gasteiger partial charge in [0.2, 0.25) is 5.91 Å². The summed E-state index contributed by atoms with van der Waals surface area (Å²) in [6.07, 6.45) is 1.21. The highest BCUT2D eigenvalue weighted by atomic mass is 16.1. The van der Waals surface area contributed by atoms with Gasteiger partial charge in [0.1, 0.15) is 6.04 Å². The molecular formula is C4H7N3O2. The van der Waals surface area contributed by atoms with Crippen LogP contribution in [0.3, 0.4) is 0 Å². The number of isocyanates is 1. The molecule has 0 saturated heterocycles. The molecule has 9 heavy (non-hydrogen) atoms. The smallest absolute Gasteiger partial charge is 0.258 e. The number of hydrogen-bond acceptors (Lipinski definition) is 4. The number of nitrogens with two attached hydrogens (primary N) is 1. The second-order valence-electron chi connectivity index (χ2n) is 1.46. The maximum absolute atomic E-state index is 10.2. The van der Waals surface area contributed by atoms with Gasteiger partial charge < -0.3 is 5.73 Å². The fourth-order valence-corrected chi connectivity index (χ4v) is 0.187. The number of primary amides is 1. The van der Waals surface area contributed by atoms with E-state index in [-0.39, 0.29) is 0 Å². The molecule has 0 rings (SSSR count). The second kappa shape index (κ2) is 3.63. The quantitative estimate of drug-likeness (QED) is 0.282. The van der Waals surface area contributed by atoms with Crippen molar-refractivity contribution in [2.75, 3.05) is 0 Å². The highest BCUT2D eigenvalue weighted by Crippen LogP contribution is 1.74. The first kappa shape index (κ1) is 7.65. The first-order valence-corrected chi connectivity index (χ1v) is 2.30. The minimum absolute atomic E-state index is 0.561. The monoisotopic (exact) mass is 129 g/mol. The third kappa shape index (κ3) is 3.25. The average molecular weight is 129 g/mol. The molecule has 1 amide bonds.